The summed E-state index contributed by atoms with van der Waals surface area (Å²) < 4.78 is 15.3. The van der Waals surface area contributed by atoms with E-state index in [0.717, 1.165) is 11.8 Å². The van der Waals surface area contributed by atoms with Crippen LogP contribution < -0.4 is 0 Å². The van der Waals surface area contributed by atoms with Crippen LogP contribution in [0.5, 0.6) is 0 Å². The Hall–Kier alpha value is -2.09. The first-order valence-electron chi connectivity index (χ1n) is 8.68. The molecule has 0 N–H and O–H groups in total. The minimum atomic E-state index is -0.578. The maximum absolute atomic E-state index is 13.8. The van der Waals surface area contributed by atoms with Crippen LogP contribution in [-0.4, -0.2) is 19.9 Å². The van der Waals surface area contributed by atoms with Crippen LogP contribution in [0.4, 0.5) is 4.39 Å². The van der Waals surface area contributed by atoms with Crippen LogP contribution in [0.25, 0.3) is 17.1 Å². The zero-order valence-electron chi connectivity index (χ0n) is 15.3. The third-order valence-corrected chi connectivity index (χ3v) is 6.26. The number of nitrogens with zero attached hydrogens (tertiary/aromatic N) is 3. The standard InChI is InChI=1S/C21H10Cl4FN3OS/c22-11-5-7-13(16(24)9-11)19-27-28-21(29(19)12-6-8-18(26)17(25)10-12)31-20(30)14-3-1-2-4-15(14)23/h1-10H. The lowest BCUT2D eigenvalue weighted by molar-refractivity contribution is 0.108. The molecule has 31 heavy (non-hydrogen) atoms. The Morgan fingerprint density at radius 1 is 0.871 bits per heavy atom. The van der Waals surface area contributed by atoms with E-state index in [1.165, 1.54) is 18.2 Å². The first kappa shape index (κ1) is 22.1. The Morgan fingerprint density at radius 2 is 1.65 bits per heavy atom. The SMILES string of the molecule is O=C(Sc1nnc(-c2ccc(Cl)cc2Cl)n1-c1ccc(F)c(Cl)c1)c1ccccc1Cl. The van der Waals surface area contributed by atoms with E-state index in [2.05, 4.69) is 10.2 Å². The number of carbonyl (C=O) groups excluding carboxylic acids is 1. The second-order valence-corrected chi connectivity index (χ2v) is 8.83. The summed E-state index contributed by atoms with van der Waals surface area (Å²) in [5.74, 6) is -0.246. The van der Waals surface area contributed by atoms with Crippen molar-refractivity contribution in [2.75, 3.05) is 0 Å². The van der Waals surface area contributed by atoms with Crippen molar-refractivity contribution in [2.24, 2.45) is 0 Å². The van der Waals surface area contributed by atoms with Crippen molar-refractivity contribution in [1.82, 2.24) is 14.8 Å². The molecule has 0 saturated heterocycles. The van der Waals surface area contributed by atoms with Crippen molar-refractivity contribution >= 4 is 63.3 Å². The van der Waals surface area contributed by atoms with Crippen LogP contribution >= 0.6 is 58.2 Å². The zero-order chi connectivity index (χ0) is 22.1. The van der Waals surface area contributed by atoms with E-state index in [4.69, 9.17) is 46.4 Å². The van der Waals surface area contributed by atoms with Crippen LogP contribution in [0.2, 0.25) is 20.1 Å². The molecule has 0 aliphatic rings. The molecule has 0 atom stereocenters. The van der Waals surface area contributed by atoms with E-state index < -0.39 is 5.82 Å². The van der Waals surface area contributed by atoms with Crippen molar-refractivity contribution in [3.05, 3.63) is 92.1 Å². The number of hydrogen-bond donors (Lipinski definition) is 0. The van der Waals surface area contributed by atoms with Gasteiger partial charge in [-0.15, -0.1) is 10.2 Å². The Labute approximate surface area is 200 Å². The fourth-order valence-electron chi connectivity index (χ4n) is 2.80. The second kappa shape index (κ2) is 9.18. The second-order valence-electron chi connectivity index (χ2n) is 6.23. The highest BCUT2D eigenvalue weighted by Crippen LogP contribution is 2.35. The summed E-state index contributed by atoms with van der Waals surface area (Å²) >= 11 is 25.3. The number of hydrogen-bond acceptors (Lipinski definition) is 4. The van der Waals surface area contributed by atoms with Crippen molar-refractivity contribution in [3.8, 4) is 17.1 Å². The summed E-state index contributed by atoms with van der Waals surface area (Å²) in [5, 5.41) is 9.29. The molecular weight excluding hydrogens is 503 g/mol. The highest BCUT2D eigenvalue weighted by molar-refractivity contribution is 8.14. The van der Waals surface area contributed by atoms with E-state index in [0.29, 0.717) is 37.7 Å². The normalized spacial score (nSPS) is 11.0. The van der Waals surface area contributed by atoms with Crippen LogP contribution in [0.1, 0.15) is 10.4 Å². The smallest absolute Gasteiger partial charge is 0.228 e. The monoisotopic (exact) mass is 511 g/mol. The molecule has 0 aliphatic carbocycles. The number of benzene rings is 3. The Balaban J connectivity index is 1.86. The fraction of sp³-hybridized carbons (Fsp3) is 0. The third kappa shape index (κ3) is 4.59. The van der Waals surface area contributed by atoms with Crippen LogP contribution in [0, 0.1) is 5.82 Å². The molecule has 0 bridgehead atoms. The van der Waals surface area contributed by atoms with Gasteiger partial charge in [0.25, 0.3) is 0 Å². The summed E-state index contributed by atoms with van der Waals surface area (Å²) in [6, 6.07) is 15.7. The van der Waals surface area contributed by atoms with Crippen molar-refractivity contribution in [2.45, 2.75) is 5.16 Å². The van der Waals surface area contributed by atoms with Gasteiger partial charge in [-0.25, -0.2) is 4.39 Å². The van der Waals surface area contributed by atoms with Crippen molar-refractivity contribution < 1.29 is 9.18 Å². The average Bonchev–Trinajstić information content (AvgIpc) is 3.13. The summed E-state index contributed by atoms with van der Waals surface area (Å²) in [7, 11) is 0. The third-order valence-electron chi connectivity index (χ3n) is 4.24. The van der Waals surface area contributed by atoms with Gasteiger partial charge in [-0.1, -0.05) is 58.5 Å². The summed E-state index contributed by atoms with van der Waals surface area (Å²) in [6.45, 7) is 0. The summed E-state index contributed by atoms with van der Waals surface area (Å²) in [6.07, 6.45) is 0. The van der Waals surface area contributed by atoms with Gasteiger partial charge in [0.05, 0.1) is 20.8 Å². The number of carbonyl (C=O) groups is 1. The Kier molecular flexibility index (Phi) is 6.55. The lowest BCUT2D eigenvalue weighted by Crippen LogP contribution is -2.03. The Morgan fingerprint density at radius 3 is 2.35 bits per heavy atom. The molecule has 4 aromatic rings. The topological polar surface area (TPSA) is 47.8 Å². The number of thioether (sulfide) groups is 1. The molecule has 1 heterocycles. The molecule has 0 radical (unpaired) electrons. The van der Waals surface area contributed by atoms with Crippen molar-refractivity contribution in [1.29, 1.82) is 0 Å². The van der Waals surface area contributed by atoms with Gasteiger partial charge >= 0.3 is 0 Å². The van der Waals surface area contributed by atoms with Crippen LogP contribution in [-0.2, 0) is 0 Å². The minimum absolute atomic E-state index is 0.0901. The van der Waals surface area contributed by atoms with Gasteiger partial charge in [0.15, 0.2) is 5.82 Å². The lowest BCUT2D eigenvalue weighted by Gasteiger charge is -2.12. The van der Waals surface area contributed by atoms with Gasteiger partial charge in [0.2, 0.25) is 10.3 Å². The lowest BCUT2D eigenvalue weighted by atomic mass is 10.2. The van der Waals surface area contributed by atoms with Gasteiger partial charge < -0.3 is 0 Å². The molecule has 3 aromatic carbocycles. The minimum Gasteiger partial charge on any atom is -0.281 e. The fourth-order valence-corrected chi connectivity index (χ4v) is 4.57. The molecule has 0 spiro atoms. The average molecular weight is 513 g/mol. The Bertz CT molecular complexity index is 1310. The predicted molar refractivity (Wildman–Crippen MR) is 123 cm³/mol. The highest BCUT2D eigenvalue weighted by atomic mass is 35.5. The molecule has 0 fully saturated rings. The maximum atomic E-state index is 13.8. The molecule has 0 unspecified atom stereocenters. The molecule has 10 heteroatoms. The summed E-state index contributed by atoms with van der Waals surface area (Å²) in [5.41, 5.74) is 1.30. The number of rotatable bonds is 4. The molecule has 4 rings (SSSR count). The quantitative estimate of drug-likeness (QED) is 0.264. The molecule has 4 nitrogen and oxygen atoms in total. The van der Waals surface area contributed by atoms with Crippen molar-refractivity contribution in [3.63, 3.8) is 0 Å². The molecule has 1 aromatic heterocycles. The zero-order valence-corrected chi connectivity index (χ0v) is 19.2. The summed E-state index contributed by atoms with van der Waals surface area (Å²) in [4.78, 5) is 12.9. The van der Waals surface area contributed by atoms with E-state index in [-0.39, 0.29) is 15.3 Å². The first-order chi connectivity index (χ1) is 14.8. The number of halogens is 5. The largest absolute Gasteiger partial charge is 0.281 e. The molecule has 156 valence electrons. The van der Waals surface area contributed by atoms with E-state index >= 15 is 0 Å². The van der Waals surface area contributed by atoms with Gasteiger partial charge in [0, 0.05) is 16.1 Å². The van der Waals surface area contributed by atoms with Crippen LogP contribution in [0.15, 0.2) is 65.8 Å². The van der Waals surface area contributed by atoms with Gasteiger partial charge in [0.1, 0.15) is 5.82 Å². The first-order valence-corrected chi connectivity index (χ1v) is 11.0. The maximum Gasteiger partial charge on any atom is 0.228 e. The molecule has 0 aliphatic heterocycles. The van der Waals surface area contributed by atoms with E-state index in [1.807, 2.05) is 0 Å². The van der Waals surface area contributed by atoms with E-state index in [9.17, 15) is 9.18 Å². The number of aromatic nitrogens is 3. The predicted octanol–water partition coefficient (Wildman–Crippen LogP) is 7.62. The molecule has 0 saturated carbocycles. The van der Waals surface area contributed by atoms with Gasteiger partial charge in [-0.05, 0) is 60.3 Å². The highest BCUT2D eigenvalue weighted by Gasteiger charge is 2.22. The van der Waals surface area contributed by atoms with Gasteiger partial charge in [-0.3, -0.25) is 9.36 Å². The van der Waals surface area contributed by atoms with E-state index in [1.54, 1.807) is 47.0 Å². The van der Waals surface area contributed by atoms with Gasteiger partial charge in [-0.2, -0.15) is 0 Å². The molecule has 0 amide bonds. The molecular formula is C21H10Cl4FN3OS. The van der Waals surface area contributed by atoms with Crippen LogP contribution in [0.3, 0.4) is 0 Å².